The fourth-order valence-electron chi connectivity index (χ4n) is 1.11. The second-order valence-electron chi connectivity index (χ2n) is 3.41. The van der Waals surface area contributed by atoms with Crippen molar-refractivity contribution in [2.24, 2.45) is 0 Å². The molecule has 0 aliphatic heterocycles. The molecular formula is C9H18N2O5S. The second-order valence-corrected chi connectivity index (χ2v) is 5.34. The maximum absolute atomic E-state index is 11.2. The van der Waals surface area contributed by atoms with Gasteiger partial charge in [0.2, 0.25) is 15.9 Å². The summed E-state index contributed by atoms with van der Waals surface area (Å²) in [5.74, 6) is -1.46. The van der Waals surface area contributed by atoms with Crippen LogP contribution in [0.4, 0.5) is 0 Å². The standard InChI is InChI=1S/C9H18N2O5S/c1-2-11-17(15,16)7-6-10-8(12)4-3-5-9(13)14/h11H,2-7H2,1H3,(H,10,12)(H,13,14). The van der Waals surface area contributed by atoms with Gasteiger partial charge in [-0.2, -0.15) is 0 Å². The number of carbonyl (C=O) groups is 2. The lowest BCUT2D eigenvalue weighted by Gasteiger charge is -2.06. The number of carbonyl (C=O) groups excluding carboxylic acids is 1. The highest BCUT2D eigenvalue weighted by Crippen LogP contribution is 1.94. The first-order chi connectivity index (χ1) is 7.87. The zero-order chi connectivity index (χ0) is 13.3. The molecule has 17 heavy (non-hydrogen) atoms. The summed E-state index contributed by atoms with van der Waals surface area (Å²) < 4.78 is 24.6. The van der Waals surface area contributed by atoms with Crippen LogP contribution in [0, 0.1) is 0 Å². The van der Waals surface area contributed by atoms with E-state index in [1.165, 1.54) is 0 Å². The van der Waals surface area contributed by atoms with E-state index in [0.29, 0.717) is 6.54 Å². The molecule has 0 fully saturated rings. The van der Waals surface area contributed by atoms with E-state index in [9.17, 15) is 18.0 Å². The van der Waals surface area contributed by atoms with Gasteiger partial charge in [0.25, 0.3) is 0 Å². The minimum atomic E-state index is -3.32. The largest absolute Gasteiger partial charge is 0.481 e. The molecule has 0 heterocycles. The number of carboxylic acids is 1. The third kappa shape index (κ3) is 9.76. The Morgan fingerprint density at radius 1 is 1.24 bits per heavy atom. The average Bonchev–Trinajstić information content (AvgIpc) is 2.16. The summed E-state index contributed by atoms with van der Waals surface area (Å²) >= 11 is 0. The van der Waals surface area contributed by atoms with Gasteiger partial charge in [0.05, 0.1) is 5.75 Å². The zero-order valence-electron chi connectivity index (χ0n) is 9.73. The van der Waals surface area contributed by atoms with Gasteiger partial charge in [-0.15, -0.1) is 0 Å². The van der Waals surface area contributed by atoms with Crippen molar-refractivity contribution in [2.75, 3.05) is 18.8 Å². The van der Waals surface area contributed by atoms with E-state index in [0.717, 1.165) is 0 Å². The Morgan fingerprint density at radius 2 is 1.88 bits per heavy atom. The summed E-state index contributed by atoms with van der Waals surface area (Å²) in [7, 11) is -3.32. The number of nitrogens with one attached hydrogen (secondary N) is 2. The molecule has 0 radical (unpaired) electrons. The summed E-state index contributed by atoms with van der Waals surface area (Å²) in [5, 5.41) is 10.8. The molecule has 0 saturated carbocycles. The summed E-state index contributed by atoms with van der Waals surface area (Å²) in [6.07, 6.45) is 0.276. The van der Waals surface area contributed by atoms with Gasteiger partial charge in [0.1, 0.15) is 0 Å². The smallest absolute Gasteiger partial charge is 0.303 e. The molecule has 8 heteroatoms. The quantitative estimate of drug-likeness (QED) is 0.510. The minimum Gasteiger partial charge on any atom is -0.481 e. The number of rotatable bonds is 9. The molecule has 100 valence electrons. The third-order valence-corrected chi connectivity index (χ3v) is 3.32. The van der Waals surface area contributed by atoms with Crippen LogP contribution in [-0.4, -0.2) is 44.2 Å². The first kappa shape index (κ1) is 15.9. The van der Waals surface area contributed by atoms with Crippen LogP contribution in [0.1, 0.15) is 26.2 Å². The fourth-order valence-corrected chi connectivity index (χ4v) is 2.06. The number of carboxylic acid groups (broad SMARTS) is 1. The van der Waals surface area contributed by atoms with Crippen molar-refractivity contribution >= 4 is 21.9 Å². The van der Waals surface area contributed by atoms with Crippen LogP contribution >= 0.6 is 0 Å². The van der Waals surface area contributed by atoms with E-state index in [-0.39, 0.29) is 37.5 Å². The van der Waals surface area contributed by atoms with Gasteiger partial charge in [0, 0.05) is 25.9 Å². The fraction of sp³-hybridized carbons (Fsp3) is 0.778. The molecule has 1 amide bonds. The van der Waals surface area contributed by atoms with Crippen molar-refractivity contribution in [1.29, 1.82) is 0 Å². The first-order valence-corrected chi connectivity index (χ1v) is 6.98. The summed E-state index contributed by atoms with van der Waals surface area (Å²) in [4.78, 5) is 21.3. The molecule has 0 bridgehead atoms. The molecule has 0 rings (SSSR count). The number of hydrogen-bond acceptors (Lipinski definition) is 4. The second kappa shape index (κ2) is 8.02. The molecule has 0 aromatic heterocycles. The summed E-state index contributed by atoms with van der Waals surface area (Å²) in [6, 6.07) is 0. The predicted molar refractivity (Wildman–Crippen MR) is 62.0 cm³/mol. The van der Waals surface area contributed by atoms with Crippen LogP contribution in [-0.2, 0) is 19.6 Å². The Labute approximate surface area is 101 Å². The van der Waals surface area contributed by atoms with E-state index in [1.54, 1.807) is 6.92 Å². The topological polar surface area (TPSA) is 113 Å². The van der Waals surface area contributed by atoms with Crippen molar-refractivity contribution in [3.63, 3.8) is 0 Å². The van der Waals surface area contributed by atoms with Crippen molar-refractivity contribution < 1.29 is 23.1 Å². The molecule has 0 spiro atoms. The van der Waals surface area contributed by atoms with E-state index in [1.807, 2.05) is 0 Å². The van der Waals surface area contributed by atoms with E-state index >= 15 is 0 Å². The monoisotopic (exact) mass is 266 g/mol. The molecule has 0 saturated heterocycles. The van der Waals surface area contributed by atoms with Gasteiger partial charge < -0.3 is 10.4 Å². The third-order valence-electron chi connectivity index (χ3n) is 1.85. The lowest BCUT2D eigenvalue weighted by molar-refractivity contribution is -0.137. The Balaban J connectivity index is 3.68. The maximum Gasteiger partial charge on any atom is 0.303 e. The normalized spacial score (nSPS) is 11.1. The van der Waals surface area contributed by atoms with Gasteiger partial charge in [-0.3, -0.25) is 9.59 Å². The van der Waals surface area contributed by atoms with Gasteiger partial charge in [-0.25, -0.2) is 13.1 Å². The van der Waals surface area contributed by atoms with Crippen LogP contribution in [0.3, 0.4) is 0 Å². The highest BCUT2D eigenvalue weighted by Gasteiger charge is 2.09. The lowest BCUT2D eigenvalue weighted by Crippen LogP contribution is -2.34. The zero-order valence-corrected chi connectivity index (χ0v) is 10.5. The Kier molecular flexibility index (Phi) is 7.47. The molecule has 0 aromatic carbocycles. The van der Waals surface area contributed by atoms with Crippen LogP contribution in [0.5, 0.6) is 0 Å². The Bertz CT molecular complexity index is 352. The van der Waals surface area contributed by atoms with Gasteiger partial charge >= 0.3 is 5.97 Å². The minimum absolute atomic E-state index is 0.0290. The summed E-state index contributed by atoms with van der Waals surface area (Å²) in [6.45, 7) is 2.01. The van der Waals surface area contributed by atoms with E-state index < -0.39 is 16.0 Å². The highest BCUT2D eigenvalue weighted by atomic mass is 32.2. The van der Waals surface area contributed by atoms with E-state index in [4.69, 9.17) is 5.11 Å². The molecule has 3 N–H and O–H groups in total. The van der Waals surface area contributed by atoms with Crippen LogP contribution < -0.4 is 10.0 Å². The molecule has 0 aliphatic rings. The Hall–Kier alpha value is -1.15. The molecule has 7 nitrogen and oxygen atoms in total. The molecular weight excluding hydrogens is 248 g/mol. The van der Waals surface area contributed by atoms with Crippen molar-refractivity contribution in [1.82, 2.24) is 10.0 Å². The Morgan fingerprint density at radius 3 is 2.41 bits per heavy atom. The number of hydrogen-bond donors (Lipinski definition) is 3. The van der Waals surface area contributed by atoms with E-state index in [2.05, 4.69) is 10.0 Å². The summed E-state index contributed by atoms with van der Waals surface area (Å²) in [5.41, 5.74) is 0. The molecule has 0 unspecified atom stereocenters. The average molecular weight is 266 g/mol. The van der Waals surface area contributed by atoms with Crippen molar-refractivity contribution in [3.8, 4) is 0 Å². The van der Waals surface area contributed by atoms with Gasteiger partial charge in [-0.1, -0.05) is 6.92 Å². The molecule has 0 aliphatic carbocycles. The SMILES string of the molecule is CCNS(=O)(=O)CCNC(=O)CCCC(=O)O. The number of amides is 1. The van der Waals surface area contributed by atoms with Gasteiger partial charge in [0.15, 0.2) is 0 Å². The molecule has 0 atom stereocenters. The van der Waals surface area contributed by atoms with Gasteiger partial charge in [-0.05, 0) is 6.42 Å². The van der Waals surface area contributed by atoms with Crippen LogP contribution in [0.2, 0.25) is 0 Å². The molecule has 0 aromatic rings. The van der Waals surface area contributed by atoms with Crippen LogP contribution in [0.25, 0.3) is 0 Å². The maximum atomic E-state index is 11.2. The number of aliphatic carboxylic acids is 1. The van der Waals surface area contributed by atoms with Crippen molar-refractivity contribution in [3.05, 3.63) is 0 Å². The number of sulfonamides is 1. The van der Waals surface area contributed by atoms with Crippen LogP contribution in [0.15, 0.2) is 0 Å². The van der Waals surface area contributed by atoms with Crippen molar-refractivity contribution in [2.45, 2.75) is 26.2 Å². The predicted octanol–water partition coefficient (Wildman–Crippen LogP) is -0.703. The highest BCUT2D eigenvalue weighted by molar-refractivity contribution is 7.89. The lowest BCUT2D eigenvalue weighted by atomic mass is 10.2. The first-order valence-electron chi connectivity index (χ1n) is 5.33.